The molecule has 3 N–H and O–H groups in total. The Balaban J connectivity index is 0. The number of aliphatic imine (C=N–C) groups is 1. The molecule has 0 saturated heterocycles. The third kappa shape index (κ3) is 13.6. The van der Waals surface area contributed by atoms with Gasteiger partial charge in [0.15, 0.2) is 0 Å². The maximum Gasteiger partial charge on any atom is 0.217 e. The van der Waals surface area contributed by atoms with E-state index in [-0.39, 0.29) is 5.91 Å². The first-order chi connectivity index (χ1) is 6.16. The summed E-state index contributed by atoms with van der Waals surface area (Å²) in [7, 11) is 1.65. The maximum atomic E-state index is 10.4. The van der Waals surface area contributed by atoms with Crippen LogP contribution in [0.5, 0.6) is 0 Å². The van der Waals surface area contributed by atoms with E-state index in [9.17, 15) is 4.79 Å². The van der Waals surface area contributed by atoms with Gasteiger partial charge in [-0.15, -0.1) is 0 Å². The van der Waals surface area contributed by atoms with Crippen molar-refractivity contribution >= 4 is 12.1 Å². The van der Waals surface area contributed by atoms with E-state index in [2.05, 4.69) is 10.3 Å². The lowest BCUT2D eigenvalue weighted by Crippen LogP contribution is -2.25. The quantitative estimate of drug-likeness (QED) is 0.635. The molecule has 0 unspecified atom stereocenters. The molecule has 1 amide bonds. The van der Waals surface area contributed by atoms with Crippen LogP contribution in [0.4, 0.5) is 0 Å². The van der Waals surface area contributed by atoms with Crippen LogP contribution in [0.1, 0.15) is 20.8 Å². The van der Waals surface area contributed by atoms with E-state index in [1.807, 2.05) is 13.8 Å². The van der Waals surface area contributed by atoms with Crippen molar-refractivity contribution < 1.29 is 4.79 Å². The van der Waals surface area contributed by atoms with Gasteiger partial charge in [0, 0.05) is 25.9 Å². The third-order valence-electron chi connectivity index (χ3n) is 0.979. The number of carbonyl (C=O) groups is 1. The minimum Gasteiger partial charge on any atom is -0.401 e. The van der Waals surface area contributed by atoms with Crippen molar-refractivity contribution in [1.29, 1.82) is 0 Å². The Labute approximate surface area is 79.9 Å². The van der Waals surface area contributed by atoms with Gasteiger partial charge < -0.3 is 11.1 Å². The first-order valence-electron chi connectivity index (χ1n) is 4.28. The predicted octanol–water partition coefficient (Wildman–Crippen LogP) is 0.692. The molecule has 0 heterocycles. The molecule has 0 spiro atoms. The molecule has 0 aliphatic rings. The number of amides is 1. The monoisotopic (exact) mass is 185 g/mol. The van der Waals surface area contributed by atoms with Gasteiger partial charge in [0.05, 0.1) is 6.54 Å². The highest BCUT2D eigenvalue weighted by molar-refractivity contribution is 5.74. The summed E-state index contributed by atoms with van der Waals surface area (Å²) in [4.78, 5) is 14.1. The first-order valence-corrected chi connectivity index (χ1v) is 4.28. The fourth-order valence-electron chi connectivity index (χ4n) is 0.456. The SMILES string of the molecule is CC.CN=C/C=C(\N)CNC(C)=O. The number of allylic oxidation sites excluding steroid dienone is 1. The number of nitrogens with zero attached hydrogens (tertiary/aromatic N) is 1. The Bertz CT molecular complexity index is 185. The normalized spacial score (nSPS) is 10.6. The van der Waals surface area contributed by atoms with Crippen LogP contribution in [-0.2, 0) is 4.79 Å². The minimum atomic E-state index is -0.0882. The van der Waals surface area contributed by atoms with E-state index in [0.717, 1.165) is 0 Å². The molecule has 0 aromatic carbocycles. The minimum absolute atomic E-state index is 0.0882. The average molecular weight is 185 g/mol. The Morgan fingerprint density at radius 2 is 2.08 bits per heavy atom. The Morgan fingerprint density at radius 1 is 1.54 bits per heavy atom. The summed E-state index contributed by atoms with van der Waals surface area (Å²) < 4.78 is 0. The number of rotatable bonds is 3. The van der Waals surface area contributed by atoms with Crippen LogP contribution in [0.15, 0.2) is 16.8 Å². The van der Waals surface area contributed by atoms with Crippen LogP contribution in [0.3, 0.4) is 0 Å². The van der Waals surface area contributed by atoms with Crippen molar-refractivity contribution in [2.24, 2.45) is 10.7 Å². The Morgan fingerprint density at radius 3 is 2.46 bits per heavy atom. The zero-order valence-electron chi connectivity index (χ0n) is 8.79. The lowest BCUT2D eigenvalue weighted by atomic mass is 10.4. The molecule has 0 bridgehead atoms. The molecule has 0 rings (SSSR count). The fourth-order valence-corrected chi connectivity index (χ4v) is 0.456. The summed E-state index contributed by atoms with van der Waals surface area (Å²) in [6, 6.07) is 0. The van der Waals surface area contributed by atoms with Crippen LogP contribution in [-0.4, -0.2) is 25.7 Å². The number of carbonyl (C=O) groups excluding carboxylic acids is 1. The fraction of sp³-hybridized carbons (Fsp3) is 0.556. The third-order valence-corrected chi connectivity index (χ3v) is 0.979. The van der Waals surface area contributed by atoms with Crippen LogP contribution in [0, 0.1) is 0 Å². The van der Waals surface area contributed by atoms with E-state index >= 15 is 0 Å². The van der Waals surface area contributed by atoms with Gasteiger partial charge in [0.2, 0.25) is 5.91 Å². The summed E-state index contributed by atoms with van der Waals surface area (Å²) in [6.45, 7) is 5.82. The molecule has 76 valence electrons. The molecular formula is C9H19N3O. The van der Waals surface area contributed by atoms with Gasteiger partial charge in [-0.3, -0.25) is 9.79 Å². The van der Waals surface area contributed by atoms with Crippen LogP contribution in [0.2, 0.25) is 0 Å². The van der Waals surface area contributed by atoms with Crippen LogP contribution >= 0.6 is 0 Å². The standard InChI is InChI=1S/C7H13N3O.C2H6/c1-6(11)10-5-7(8)3-4-9-2;1-2/h3-4H,5,8H2,1-2H3,(H,10,11);1-2H3/b7-3-,9-4?;. The summed E-state index contributed by atoms with van der Waals surface area (Å²) in [5.41, 5.74) is 6.05. The number of nitrogens with two attached hydrogens (primary N) is 1. The first kappa shape index (κ1) is 14.2. The highest BCUT2D eigenvalue weighted by Crippen LogP contribution is 1.77. The van der Waals surface area contributed by atoms with E-state index in [4.69, 9.17) is 5.73 Å². The van der Waals surface area contributed by atoms with E-state index in [0.29, 0.717) is 12.2 Å². The van der Waals surface area contributed by atoms with Crippen molar-refractivity contribution in [1.82, 2.24) is 5.32 Å². The van der Waals surface area contributed by atoms with Crippen LogP contribution in [0.25, 0.3) is 0 Å². The molecule has 13 heavy (non-hydrogen) atoms. The van der Waals surface area contributed by atoms with Gasteiger partial charge in [-0.1, -0.05) is 13.8 Å². The molecule has 0 radical (unpaired) electrons. The molecule has 0 aromatic heterocycles. The molecule has 4 heteroatoms. The van der Waals surface area contributed by atoms with Crippen molar-refractivity contribution in [3.63, 3.8) is 0 Å². The Hall–Kier alpha value is -1.32. The molecule has 0 aliphatic heterocycles. The largest absolute Gasteiger partial charge is 0.401 e. The van der Waals surface area contributed by atoms with Crippen LogP contribution < -0.4 is 11.1 Å². The van der Waals surface area contributed by atoms with E-state index < -0.39 is 0 Å². The Kier molecular flexibility index (Phi) is 11.7. The van der Waals surface area contributed by atoms with Gasteiger partial charge >= 0.3 is 0 Å². The molecule has 0 fully saturated rings. The van der Waals surface area contributed by atoms with Gasteiger partial charge in [-0.05, 0) is 6.08 Å². The molecule has 0 atom stereocenters. The highest BCUT2D eigenvalue weighted by Gasteiger charge is 1.90. The maximum absolute atomic E-state index is 10.4. The van der Waals surface area contributed by atoms with Crippen molar-refractivity contribution in [3.8, 4) is 0 Å². The lowest BCUT2D eigenvalue weighted by Gasteiger charge is -1.99. The van der Waals surface area contributed by atoms with E-state index in [1.54, 1.807) is 19.3 Å². The number of nitrogens with one attached hydrogen (secondary N) is 1. The second-order valence-electron chi connectivity index (χ2n) is 2.06. The summed E-state index contributed by atoms with van der Waals surface area (Å²) in [5, 5.41) is 2.56. The topological polar surface area (TPSA) is 67.5 Å². The number of hydrogen-bond donors (Lipinski definition) is 2. The van der Waals surface area contributed by atoms with Gasteiger partial charge in [-0.25, -0.2) is 0 Å². The zero-order valence-corrected chi connectivity index (χ0v) is 8.79. The summed E-state index contributed by atoms with van der Waals surface area (Å²) >= 11 is 0. The van der Waals surface area contributed by atoms with Gasteiger partial charge in [0.1, 0.15) is 0 Å². The predicted molar refractivity (Wildman–Crippen MR) is 56.7 cm³/mol. The van der Waals surface area contributed by atoms with Crippen molar-refractivity contribution in [2.45, 2.75) is 20.8 Å². The highest BCUT2D eigenvalue weighted by atomic mass is 16.1. The molecule has 4 nitrogen and oxygen atoms in total. The second kappa shape index (κ2) is 10.7. The molecule has 0 aliphatic carbocycles. The van der Waals surface area contributed by atoms with Crippen molar-refractivity contribution in [2.75, 3.05) is 13.6 Å². The molecule has 0 aromatic rings. The van der Waals surface area contributed by atoms with Gasteiger partial charge in [0.25, 0.3) is 0 Å². The lowest BCUT2D eigenvalue weighted by molar-refractivity contribution is -0.118. The molecular weight excluding hydrogens is 166 g/mol. The number of hydrogen-bond acceptors (Lipinski definition) is 3. The average Bonchev–Trinajstić information content (AvgIpc) is 2.14. The smallest absolute Gasteiger partial charge is 0.217 e. The molecule has 0 saturated carbocycles. The summed E-state index contributed by atoms with van der Waals surface area (Å²) in [6.07, 6.45) is 3.23. The second-order valence-corrected chi connectivity index (χ2v) is 2.06. The van der Waals surface area contributed by atoms with E-state index in [1.165, 1.54) is 6.92 Å². The zero-order chi connectivity index (χ0) is 10.7. The van der Waals surface area contributed by atoms with Gasteiger partial charge in [-0.2, -0.15) is 0 Å². The summed E-state index contributed by atoms with van der Waals surface area (Å²) in [5.74, 6) is -0.0882. The van der Waals surface area contributed by atoms with Crippen molar-refractivity contribution in [3.05, 3.63) is 11.8 Å².